The number of piperidine rings is 1. The summed E-state index contributed by atoms with van der Waals surface area (Å²) < 4.78 is 5.76. The Kier molecular flexibility index (Phi) is 3.41. The Morgan fingerprint density at radius 1 is 1.47 bits per heavy atom. The lowest BCUT2D eigenvalue weighted by Crippen LogP contribution is -2.56. The van der Waals surface area contributed by atoms with E-state index in [4.69, 9.17) is 4.74 Å². The summed E-state index contributed by atoms with van der Waals surface area (Å²) in [6, 6.07) is 0. The number of carbonyl (C=O) groups is 1. The number of carboxylic acid groups (broad SMARTS) is 1. The van der Waals surface area contributed by atoms with Gasteiger partial charge in [-0.3, -0.25) is 0 Å². The van der Waals surface area contributed by atoms with Gasteiger partial charge in [-0.25, -0.2) is 4.79 Å². The van der Waals surface area contributed by atoms with E-state index in [-0.39, 0.29) is 0 Å². The highest BCUT2D eigenvalue weighted by atomic mass is 16.5. The van der Waals surface area contributed by atoms with Crippen LogP contribution in [0.25, 0.3) is 0 Å². The predicted molar refractivity (Wildman–Crippen MR) is 57.9 cm³/mol. The minimum atomic E-state index is -1.02. The van der Waals surface area contributed by atoms with Gasteiger partial charge in [-0.1, -0.05) is 0 Å². The maximum absolute atomic E-state index is 11.3. The molecule has 0 radical (unpaired) electrons. The maximum atomic E-state index is 11.3. The molecule has 0 amide bonds. The Labute approximate surface area is 91.2 Å². The van der Waals surface area contributed by atoms with Crippen LogP contribution < -0.4 is 0 Å². The van der Waals surface area contributed by atoms with Crippen molar-refractivity contribution in [2.75, 3.05) is 20.1 Å². The molecule has 0 bridgehead atoms. The second-order valence-electron chi connectivity index (χ2n) is 5.36. The molecule has 1 atom stereocenters. The molecule has 1 saturated heterocycles. The molecular weight excluding hydrogens is 194 g/mol. The van der Waals surface area contributed by atoms with E-state index in [2.05, 4.69) is 0 Å². The lowest BCUT2D eigenvalue weighted by Gasteiger charge is -2.41. The summed E-state index contributed by atoms with van der Waals surface area (Å²) >= 11 is 0. The normalized spacial score (nSPS) is 29.1. The lowest BCUT2D eigenvalue weighted by molar-refractivity contribution is -0.194. The van der Waals surface area contributed by atoms with E-state index < -0.39 is 17.2 Å². The van der Waals surface area contributed by atoms with Crippen LogP contribution in [0.15, 0.2) is 0 Å². The zero-order chi connectivity index (χ0) is 11.7. The van der Waals surface area contributed by atoms with Crippen LogP contribution in [0, 0.1) is 0 Å². The van der Waals surface area contributed by atoms with Gasteiger partial charge in [-0.2, -0.15) is 0 Å². The molecule has 0 aromatic heterocycles. The number of rotatable bonds is 2. The van der Waals surface area contributed by atoms with E-state index in [1.807, 2.05) is 32.7 Å². The van der Waals surface area contributed by atoms with Crippen molar-refractivity contribution in [3.63, 3.8) is 0 Å². The van der Waals surface area contributed by atoms with Gasteiger partial charge in [0, 0.05) is 6.54 Å². The van der Waals surface area contributed by atoms with E-state index in [1.165, 1.54) is 0 Å². The number of hydrogen-bond acceptors (Lipinski definition) is 3. The first-order valence-electron chi connectivity index (χ1n) is 5.37. The largest absolute Gasteiger partial charge is 0.479 e. The average Bonchev–Trinajstić information content (AvgIpc) is 2.00. The van der Waals surface area contributed by atoms with Gasteiger partial charge in [0.1, 0.15) is 0 Å². The Morgan fingerprint density at radius 3 is 2.47 bits per heavy atom. The van der Waals surface area contributed by atoms with E-state index in [1.54, 1.807) is 0 Å². The Hall–Kier alpha value is -0.610. The maximum Gasteiger partial charge on any atom is 0.337 e. The summed E-state index contributed by atoms with van der Waals surface area (Å²) in [6.07, 6.45) is 1.48. The first-order valence-corrected chi connectivity index (χ1v) is 5.37. The fourth-order valence-electron chi connectivity index (χ4n) is 2.12. The highest BCUT2D eigenvalue weighted by molar-refractivity contribution is 5.78. The van der Waals surface area contributed by atoms with E-state index >= 15 is 0 Å². The Bertz CT molecular complexity index is 247. The molecule has 15 heavy (non-hydrogen) atoms. The molecule has 0 aromatic carbocycles. The van der Waals surface area contributed by atoms with Crippen LogP contribution in [0.3, 0.4) is 0 Å². The van der Waals surface area contributed by atoms with Crippen LogP contribution in [-0.2, 0) is 9.53 Å². The summed E-state index contributed by atoms with van der Waals surface area (Å²) in [5.41, 5.74) is -1.44. The Balaban J connectivity index is 2.83. The van der Waals surface area contributed by atoms with Crippen LogP contribution in [0.5, 0.6) is 0 Å². The highest BCUT2D eigenvalue weighted by Crippen LogP contribution is 2.29. The van der Waals surface area contributed by atoms with Gasteiger partial charge >= 0.3 is 5.97 Å². The lowest BCUT2D eigenvalue weighted by atomic mass is 9.92. The second-order valence-corrected chi connectivity index (χ2v) is 5.36. The molecule has 1 aliphatic rings. The van der Waals surface area contributed by atoms with Gasteiger partial charge in [-0.05, 0) is 47.2 Å². The SMILES string of the molecule is CN1CCCC(OC(C)(C)C)(C(=O)O)C1. The molecule has 1 rings (SSSR count). The van der Waals surface area contributed by atoms with Gasteiger partial charge in [0.15, 0.2) is 5.60 Å². The highest BCUT2D eigenvalue weighted by Gasteiger charge is 2.45. The summed E-state index contributed by atoms with van der Waals surface area (Å²) in [7, 11) is 1.93. The van der Waals surface area contributed by atoms with Crippen molar-refractivity contribution >= 4 is 5.97 Å². The number of likely N-dealkylation sites (N-methyl/N-ethyl adjacent to an activating group) is 1. The first-order chi connectivity index (χ1) is 6.75. The molecule has 1 heterocycles. The summed E-state index contributed by atoms with van der Waals surface area (Å²) in [4.78, 5) is 13.4. The topological polar surface area (TPSA) is 49.8 Å². The number of ether oxygens (including phenoxy) is 1. The van der Waals surface area contributed by atoms with Gasteiger partial charge in [-0.15, -0.1) is 0 Å². The third-order valence-corrected chi connectivity index (χ3v) is 2.54. The fourth-order valence-corrected chi connectivity index (χ4v) is 2.12. The van der Waals surface area contributed by atoms with E-state index in [9.17, 15) is 9.90 Å². The van der Waals surface area contributed by atoms with Crippen molar-refractivity contribution in [3.8, 4) is 0 Å². The van der Waals surface area contributed by atoms with Crippen LogP contribution in [0.4, 0.5) is 0 Å². The second kappa shape index (κ2) is 4.10. The molecule has 4 nitrogen and oxygen atoms in total. The quantitative estimate of drug-likeness (QED) is 0.755. The molecule has 1 fully saturated rings. The number of aliphatic carboxylic acids is 1. The summed E-state index contributed by atoms with van der Waals surface area (Å²) in [6.45, 7) is 7.10. The third-order valence-electron chi connectivity index (χ3n) is 2.54. The van der Waals surface area contributed by atoms with Gasteiger partial charge < -0.3 is 14.7 Å². The van der Waals surface area contributed by atoms with E-state index in [0.29, 0.717) is 13.0 Å². The molecule has 4 heteroatoms. The van der Waals surface area contributed by atoms with Crippen LogP contribution in [-0.4, -0.2) is 47.3 Å². The molecule has 1 aliphatic heterocycles. The Morgan fingerprint density at radius 2 is 2.07 bits per heavy atom. The van der Waals surface area contributed by atoms with Crippen molar-refractivity contribution in [2.24, 2.45) is 0 Å². The molecule has 0 saturated carbocycles. The number of likely N-dealkylation sites (tertiary alicyclic amines) is 1. The molecule has 1 unspecified atom stereocenters. The number of carboxylic acids is 1. The van der Waals surface area contributed by atoms with Crippen LogP contribution in [0.2, 0.25) is 0 Å². The smallest absolute Gasteiger partial charge is 0.337 e. The zero-order valence-corrected chi connectivity index (χ0v) is 10.0. The molecule has 0 spiro atoms. The summed E-state index contributed by atoms with van der Waals surface area (Å²) in [5.74, 6) is -0.844. The first kappa shape index (κ1) is 12.5. The van der Waals surface area contributed by atoms with Gasteiger partial charge in [0.2, 0.25) is 0 Å². The molecule has 0 aliphatic carbocycles. The van der Waals surface area contributed by atoms with Crippen molar-refractivity contribution in [3.05, 3.63) is 0 Å². The number of hydrogen-bond donors (Lipinski definition) is 1. The minimum absolute atomic E-state index is 0.420. The van der Waals surface area contributed by atoms with Crippen molar-refractivity contribution < 1.29 is 14.6 Å². The van der Waals surface area contributed by atoms with Gasteiger partial charge in [0.25, 0.3) is 0 Å². The fraction of sp³-hybridized carbons (Fsp3) is 0.909. The van der Waals surface area contributed by atoms with Crippen molar-refractivity contribution in [2.45, 2.75) is 44.8 Å². The average molecular weight is 215 g/mol. The summed E-state index contributed by atoms with van der Waals surface area (Å²) in [5, 5.41) is 9.32. The zero-order valence-electron chi connectivity index (χ0n) is 10.0. The molecule has 1 N–H and O–H groups in total. The molecule has 0 aromatic rings. The predicted octanol–water partition coefficient (Wildman–Crippen LogP) is 1.35. The molecular formula is C11H21NO3. The third kappa shape index (κ3) is 3.18. The van der Waals surface area contributed by atoms with E-state index in [0.717, 1.165) is 13.0 Å². The van der Waals surface area contributed by atoms with Crippen molar-refractivity contribution in [1.82, 2.24) is 4.90 Å². The monoisotopic (exact) mass is 215 g/mol. The van der Waals surface area contributed by atoms with Crippen LogP contribution >= 0.6 is 0 Å². The van der Waals surface area contributed by atoms with Crippen molar-refractivity contribution in [1.29, 1.82) is 0 Å². The molecule has 88 valence electrons. The number of nitrogens with zero attached hydrogens (tertiary/aromatic N) is 1. The standard InChI is InChI=1S/C11H21NO3/c1-10(2,3)15-11(9(13)14)6-5-7-12(4)8-11/h5-8H2,1-4H3,(H,13,14). The van der Waals surface area contributed by atoms with Gasteiger partial charge in [0.05, 0.1) is 5.60 Å². The minimum Gasteiger partial charge on any atom is -0.479 e. The van der Waals surface area contributed by atoms with Crippen LogP contribution in [0.1, 0.15) is 33.6 Å².